The van der Waals surface area contributed by atoms with E-state index < -0.39 is 8.32 Å². The Morgan fingerprint density at radius 3 is 2.15 bits per heavy atom. The van der Waals surface area contributed by atoms with E-state index in [1.54, 1.807) is 0 Å². The number of rotatable bonds is 7. The zero-order chi connectivity index (χ0) is 16.0. The van der Waals surface area contributed by atoms with Gasteiger partial charge in [-0.25, -0.2) is 4.79 Å². The van der Waals surface area contributed by atoms with Crippen LogP contribution < -0.4 is 0 Å². The molecule has 0 fully saturated rings. The highest BCUT2D eigenvalue weighted by atomic mass is 28.4. The molecule has 0 aliphatic heterocycles. The van der Waals surface area contributed by atoms with Crippen LogP contribution in [0.1, 0.15) is 48.0 Å². The summed E-state index contributed by atoms with van der Waals surface area (Å²) in [5, 5.41) is 0.226. The minimum absolute atomic E-state index is 0.0263. The van der Waals surface area contributed by atoms with Crippen molar-refractivity contribution in [2.24, 2.45) is 5.41 Å². The molecule has 4 heteroatoms. The monoisotopic (exact) mass is 300 g/mol. The summed E-state index contributed by atoms with van der Waals surface area (Å²) >= 11 is 0. The lowest BCUT2D eigenvalue weighted by Crippen LogP contribution is -2.43. The molecule has 0 saturated carbocycles. The molecular weight excluding hydrogens is 268 g/mol. The number of allylic oxidation sites excluding steroid dienone is 1. The molecule has 0 radical (unpaired) electrons. The van der Waals surface area contributed by atoms with Crippen molar-refractivity contribution in [3.05, 3.63) is 12.2 Å². The lowest BCUT2D eigenvalue weighted by Gasteiger charge is -2.38. The van der Waals surface area contributed by atoms with Crippen molar-refractivity contribution in [3.8, 4) is 0 Å². The number of carbonyl (C=O) groups is 1. The fourth-order valence-electron chi connectivity index (χ4n) is 1.32. The van der Waals surface area contributed by atoms with Crippen LogP contribution in [0.5, 0.6) is 0 Å². The standard InChI is InChI=1S/C16H32O3Si/c1-9-18-14(17)11-10-12-16(5,6)13-19-20(7,8)15(2,3)4/h10-11H,9,12-13H2,1-8H3/b11-10+. The normalized spacial score (nSPS) is 13.8. The van der Waals surface area contributed by atoms with Crippen molar-refractivity contribution < 1.29 is 14.0 Å². The van der Waals surface area contributed by atoms with Gasteiger partial charge in [0.25, 0.3) is 0 Å². The van der Waals surface area contributed by atoms with E-state index >= 15 is 0 Å². The lowest BCUT2D eigenvalue weighted by molar-refractivity contribution is -0.137. The van der Waals surface area contributed by atoms with Gasteiger partial charge in [0, 0.05) is 12.7 Å². The second kappa shape index (κ2) is 7.41. The molecule has 0 aliphatic carbocycles. The van der Waals surface area contributed by atoms with E-state index in [0.717, 1.165) is 13.0 Å². The first-order chi connectivity index (χ1) is 8.91. The third kappa shape index (κ3) is 7.24. The van der Waals surface area contributed by atoms with E-state index in [1.165, 1.54) is 6.08 Å². The molecule has 0 spiro atoms. The molecule has 0 atom stereocenters. The molecule has 0 unspecified atom stereocenters. The summed E-state index contributed by atoms with van der Waals surface area (Å²) in [5.41, 5.74) is 0.0263. The molecule has 0 aromatic heterocycles. The summed E-state index contributed by atoms with van der Waals surface area (Å²) in [7, 11) is -1.70. The highest BCUT2D eigenvalue weighted by Crippen LogP contribution is 2.38. The van der Waals surface area contributed by atoms with Gasteiger partial charge < -0.3 is 9.16 Å². The van der Waals surface area contributed by atoms with E-state index in [0.29, 0.717) is 6.61 Å². The van der Waals surface area contributed by atoms with E-state index in [2.05, 4.69) is 47.7 Å². The Hall–Kier alpha value is -0.613. The Labute approximate surface area is 125 Å². The predicted molar refractivity (Wildman–Crippen MR) is 87.3 cm³/mol. The molecule has 0 saturated heterocycles. The predicted octanol–water partition coefficient (Wildman–Crippen LogP) is 4.54. The average molecular weight is 301 g/mol. The van der Waals surface area contributed by atoms with Gasteiger partial charge >= 0.3 is 5.97 Å². The maximum atomic E-state index is 11.2. The molecule has 3 nitrogen and oxygen atoms in total. The van der Waals surface area contributed by atoms with Gasteiger partial charge in [-0.05, 0) is 36.9 Å². The minimum atomic E-state index is -1.70. The molecule has 118 valence electrons. The Morgan fingerprint density at radius 1 is 1.15 bits per heavy atom. The topological polar surface area (TPSA) is 35.5 Å². The van der Waals surface area contributed by atoms with Crippen LogP contribution >= 0.6 is 0 Å². The fraction of sp³-hybridized carbons (Fsp3) is 0.812. The average Bonchev–Trinajstić information content (AvgIpc) is 2.25. The molecule has 0 aliphatic rings. The van der Waals surface area contributed by atoms with Gasteiger partial charge in [-0.15, -0.1) is 0 Å². The summed E-state index contributed by atoms with van der Waals surface area (Å²) < 4.78 is 11.1. The molecule has 0 amide bonds. The van der Waals surface area contributed by atoms with E-state index in [-0.39, 0.29) is 16.4 Å². The van der Waals surface area contributed by atoms with Crippen molar-refractivity contribution in [3.63, 3.8) is 0 Å². The first-order valence-corrected chi connectivity index (χ1v) is 10.3. The van der Waals surface area contributed by atoms with Crippen molar-refractivity contribution in [1.82, 2.24) is 0 Å². The third-order valence-electron chi connectivity index (χ3n) is 3.84. The second-order valence-corrected chi connectivity index (χ2v) is 12.4. The van der Waals surface area contributed by atoms with Crippen LogP contribution in [0.4, 0.5) is 0 Å². The first kappa shape index (κ1) is 19.4. The lowest BCUT2D eigenvalue weighted by atomic mass is 9.90. The number of hydrogen-bond donors (Lipinski definition) is 0. The zero-order valence-corrected chi connectivity index (χ0v) is 15.5. The summed E-state index contributed by atoms with van der Waals surface area (Å²) in [5.74, 6) is -0.270. The molecule has 20 heavy (non-hydrogen) atoms. The van der Waals surface area contributed by atoms with Crippen LogP contribution in [0.2, 0.25) is 18.1 Å². The van der Waals surface area contributed by atoms with Crippen molar-refractivity contribution >= 4 is 14.3 Å². The van der Waals surface area contributed by atoms with Crippen LogP contribution in [-0.4, -0.2) is 27.5 Å². The first-order valence-electron chi connectivity index (χ1n) is 7.38. The largest absolute Gasteiger partial charge is 0.463 e. The number of carbonyl (C=O) groups excluding carboxylic acids is 1. The molecule has 0 aromatic carbocycles. The van der Waals surface area contributed by atoms with Crippen molar-refractivity contribution in [1.29, 1.82) is 0 Å². The highest BCUT2D eigenvalue weighted by molar-refractivity contribution is 6.74. The molecule has 0 aromatic rings. The molecular formula is C16H32O3Si. The van der Waals surface area contributed by atoms with Gasteiger partial charge in [-0.1, -0.05) is 40.7 Å². The highest BCUT2D eigenvalue weighted by Gasteiger charge is 2.38. The molecule has 0 heterocycles. The van der Waals surface area contributed by atoms with E-state index in [9.17, 15) is 4.79 Å². The van der Waals surface area contributed by atoms with Crippen molar-refractivity contribution in [2.75, 3.05) is 13.2 Å². The van der Waals surface area contributed by atoms with Crippen LogP contribution in [0, 0.1) is 5.41 Å². The molecule has 0 rings (SSSR count). The van der Waals surface area contributed by atoms with Gasteiger partial charge in [0.15, 0.2) is 8.32 Å². The van der Waals surface area contributed by atoms with Gasteiger partial charge in [-0.2, -0.15) is 0 Å². The zero-order valence-electron chi connectivity index (χ0n) is 14.5. The quantitative estimate of drug-likeness (QED) is 0.393. The summed E-state index contributed by atoms with van der Waals surface area (Å²) in [6.07, 6.45) is 4.20. The maximum Gasteiger partial charge on any atom is 0.330 e. The Kier molecular flexibility index (Phi) is 7.18. The number of hydrogen-bond acceptors (Lipinski definition) is 3. The van der Waals surface area contributed by atoms with Crippen LogP contribution in [0.25, 0.3) is 0 Å². The Morgan fingerprint density at radius 2 is 1.70 bits per heavy atom. The Balaban J connectivity index is 4.37. The van der Waals surface area contributed by atoms with E-state index in [1.807, 2.05) is 13.0 Å². The van der Waals surface area contributed by atoms with Gasteiger partial charge in [0.2, 0.25) is 0 Å². The second-order valence-electron chi connectivity index (χ2n) is 7.57. The van der Waals surface area contributed by atoms with Gasteiger partial charge in [0.1, 0.15) is 0 Å². The summed E-state index contributed by atoms with van der Waals surface area (Å²) in [6.45, 7) is 18.5. The summed E-state index contributed by atoms with van der Waals surface area (Å²) in [6, 6.07) is 0. The smallest absolute Gasteiger partial charge is 0.330 e. The Bertz CT molecular complexity index is 338. The van der Waals surface area contributed by atoms with Crippen LogP contribution in [0.3, 0.4) is 0 Å². The molecule has 0 bridgehead atoms. The number of ether oxygens (including phenoxy) is 1. The third-order valence-corrected chi connectivity index (χ3v) is 8.32. The van der Waals surface area contributed by atoms with Gasteiger partial charge in [-0.3, -0.25) is 0 Å². The SMILES string of the molecule is CCOC(=O)/C=C/CC(C)(C)CO[Si](C)(C)C(C)(C)C. The number of esters is 1. The van der Waals surface area contributed by atoms with Gasteiger partial charge in [0.05, 0.1) is 6.61 Å². The fourth-order valence-corrected chi connectivity index (χ4v) is 2.50. The minimum Gasteiger partial charge on any atom is -0.463 e. The van der Waals surface area contributed by atoms with E-state index in [4.69, 9.17) is 9.16 Å². The molecule has 0 N–H and O–H groups in total. The maximum absolute atomic E-state index is 11.2. The van der Waals surface area contributed by atoms with Crippen molar-refractivity contribution in [2.45, 2.75) is 66.1 Å². The summed E-state index contributed by atoms with van der Waals surface area (Å²) in [4.78, 5) is 11.2. The van der Waals surface area contributed by atoms with Crippen LogP contribution in [-0.2, 0) is 14.0 Å². The van der Waals surface area contributed by atoms with Crippen LogP contribution in [0.15, 0.2) is 12.2 Å².